The minimum absolute atomic E-state index is 0.144. The van der Waals surface area contributed by atoms with Gasteiger partial charge in [0.15, 0.2) is 0 Å². The van der Waals surface area contributed by atoms with Crippen LogP contribution < -0.4 is 10.9 Å². The van der Waals surface area contributed by atoms with E-state index in [1.165, 1.54) is 0 Å². The minimum Gasteiger partial charge on any atom is -0.336 e. The lowest BCUT2D eigenvalue weighted by molar-refractivity contribution is 0.0733. The van der Waals surface area contributed by atoms with Gasteiger partial charge in [0.05, 0.1) is 0 Å². The van der Waals surface area contributed by atoms with Gasteiger partial charge in [-0.3, -0.25) is 9.59 Å². The Morgan fingerprint density at radius 1 is 1.30 bits per heavy atom. The van der Waals surface area contributed by atoms with Gasteiger partial charge in [0.2, 0.25) is 0 Å². The van der Waals surface area contributed by atoms with Crippen LogP contribution in [0.2, 0.25) is 0 Å². The highest BCUT2D eigenvalue weighted by molar-refractivity contribution is 5.94. The zero-order valence-electron chi connectivity index (χ0n) is 12.5. The maximum atomic E-state index is 12.5. The van der Waals surface area contributed by atoms with Crippen molar-refractivity contribution in [2.24, 2.45) is 5.92 Å². The number of carbonyl (C=O) groups is 1. The van der Waals surface area contributed by atoms with E-state index >= 15 is 0 Å². The first kappa shape index (κ1) is 14.8. The van der Waals surface area contributed by atoms with Gasteiger partial charge >= 0.3 is 0 Å². The highest BCUT2D eigenvalue weighted by Crippen LogP contribution is 2.06. The maximum Gasteiger partial charge on any atom is 0.263 e. The second-order valence-electron chi connectivity index (χ2n) is 5.74. The standard InChI is InChI=1S/C15H23N3O2/c1-11(2)10-18-12(3)4-5-13(15(18)20)14(19)17-8-6-16-7-9-17/h4-5,11,16H,6-10H2,1-3H3. The normalized spacial score (nSPS) is 15.7. The quantitative estimate of drug-likeness (QED) is 0.891. The number of nitrogens with zero attached hydrogens (tertiary/aromatic N) is 2. The Bertz CT molecular complexity index is 543. The van der Waals surface area contributed by atoms with Crippen molar-refractivity contribution in [2.75, 3.05) is 26.2 Å². The third-order valence-corrected chi connectivity index (χ3v) is 3.57. The van der Waals surface area contributed by atoms with E-state index in [9.17, 15) is 9.59 Å². The van der Waals surface area contributed by atoms with Crippen molar-refractivity contribution >= 4 is 5.91 Å². The smallest absolute Gasteiger partial charge is 0.263 e. The lowest BCUT2D eigenvalue weighted by Gasteiger charge is -2.27. The van der Waals surface area contributed by atoms with Crippen molar-refractivity contribution in [3.63, 3.8) is 0 Å². The molecular weight excluding hydrogens is 254 g/mol. The average molecular weight is 277 g/mol. The summed E-state index contributed by atoms with van der Waals surface area (Å²) in [5.74, 6) is 0.227. The fourth-order valence-electron chi connectivity index (χ4n) is 2.46. The summed E-state index contributed by atoms with van der Waals surface area (Å²) in [6.45, 7) is 9.59. The molecule has 1 aromatic heterocycles. The molecule has 1 N–H and O–H groups in total. The third kappa shape index (κ3) is 3.10. The molecule has 0 aromatic carbocycles. The van der Waals surface area contributed by atoms with Crippen LogP contribution in [0.25, 0.3) is 0 Å². The van der Waals surface area contributed by atoms with Gasteiger partial charge in [-0.05, 0) is 25.0 Å². The SMILES string of the molecule is Cc1ccc(C(=O)N2CCNCC2)c(=O)n1CC(C)C. The Labute approximate surface area is 119 Å². The topological polar surface area (TPSA) is 54.3 Å². The highest BCUT2D eigenvalue weighted by Gasteiger charge is 2.21. The number of rotatable bonds is 3. The summed E-state index contributed by atoms with van der Waals surface area (Å²) in [6, 6.07) is 3.53. The van der Waals surface area contributed by atoms with Crippen molar-refractivity contribution in [3.05, 3.63) is 33.7 Å². The van der Waals surface area contributed by atoms with Crippen LogP contribution in [0.3, 0.4) is 0 Å². The Hall–Kier alpha value is -1.62. The lowest BCUT2D eigenvalue weighted by Crippen LogP contribution is -2.48. The van der Waals surface area contributed by atoms with Crippen molar-refractivity contribution in [1.29, 1.82) is 0 Å². The fraction of sp³-hybridized carbons (Fsp3) is 0.600. The van der Waals surface area contributed by atoms with E-state index in [1.807, 2.05) is 13.0 Å². The predicted octanol–water partition coefficient (Wildman–Crippen LogP) is 0.858. The molecule has 0 atom stereocenters. The van der Waals surface area contributed by atoms with Crippen LogP contribution in [0, 0.1) is 12.8 Å². The van der Waals surface area contributed by atoms with Crippen LogP contribution in [0.1, 0.15) is 29.9 Å². The van der Waals surface area contributed by atoms with Crippen LogP contribution in [-0.2, 0) is 6.54 Å². The number of aryl methyl sites for hydroxylation is 1. The van der Waals surface area contributed by atoms with Crippen LogP contribution >= 0.6 is 0 Å². The summed E-state index contributed by atoms with van der Waals surface area (Å²) in [5.41, 5.74) is 1.03. The first-order valence-electron chi connectivity index (χ1n) is 7.21. The number of piperazine rings is 1. The molecule has 0 radical (unpaired) electrons. The number of pyridine rings is 1. The molecule has 110 valence electrons. The number of carbonyl (C=O) groups excluding carboxylic acids is 1. The molecule has 0 aliphatic carbocycles. The van der Waals surface area contributed by atoms with E-state index in [4.69, 9.17) is 0 Å². The van der Waals surface area contributed by atoms with Crippen molar-refractivity contribution in [1.82, 2.24) is 14.8 Å². The summed E-state index contributed by atoms with van der Waals surface area (Å²) in [5, 5.41) is 3.21. The number of amides is 1. The van der Waals surface area contributed by atoms with Crippen LogP contribution in [0.15, 0.2) is 16.9 Å². The fourth-order valence-corrected chi connectivity index (χ4v) is 2.46. The summed E-state index contributed by atoms with van der Waals surface area (Å²) in [6.07, 6.45) is 0. The summed E-state index contributed by atoms with van der Waals surface area (Å²) in [7, 11) is 0. The minimum atomic E-state index is -0.165. The Morgan fingerprint density at radius 3 is 2.55 bits per heavy atom. The van der Waals surface area contributed by atoms with Crippen molar-refractivity contribution in [2.45, 2.75) is 27.3 Å². The van der Waals surface area contributed by atoms with Gasteiger partial charge in [-0.2, -0.15) is 0 Å². The van der Waals surface area contributed by atoms with Gasteiger partial charge in [0.25, 0.3) is 11.5 Å². The van der Waals surface area contributed by atoms with Gasteiger partial charge in [0.1, 0.15) is 5.56 Å². The molecule has 1 aliphatic heterocycles. The van der Waals surface area contributed by atoms with E-state index in [-0.39, 0.29) is 17.0 Å². The van der Waals surface area contributed by atoms with E-state index in [2.05, 4.69) is 19.2 Å². The van der Waals surface area contributed by atoms with E-state index in [0.717, 1.165) is 18.8 Å². The van der Waals surface area contributed by atoms with Crippen LogP contribution in [-0.4, -0.2) is 41.6 Å². The average Bonchev–Trinajstić information content (AvgIpc) is 2.43. The molecule has 1 amide bonds. The first-order chi connectivity index (χ1) is 9.50. The number of aromatic nitrogens is 1. The molecule has 5 nitrogen and oxygen atoms in total. The molecule has 0 bridgehead atoms. The van der Waals surface area contributed by atoms with Crippen LogP contribution in [0.5, 0.6) is 0 Å². The number of hydrogen-bond donors (Lipinski definition) is 1. The van der Waals surface area contributed by atoms with Gasteiger partial charge in [-0.25, -0.2) is 0 Å². The molecule has 2 heterocycles. The molecule has 2 rings (SSSR count). The second kappa shape index (κ2) is 6.22. The zero-order chi connectivity index (χ0) is 14.7. The first-order valence-corrected chi connectivity index (χ1v) is 7.21. The second-order valence-corrected chi connectivity index (χ2v) is 5.74. The molecule has 20 heavy (non-hydrogen) atoms. The van der Waals surface area contributed by atoms with E-state index in [1.54, 1.807) is 15.5 Å². The molecule has 0 saturated carbocycles. The molecule has 1 saturated heterocycles. The highest BCUT2D eigenvalue weighted by atomic mass is 16.2. The summed E-state index contributed by atoms with van der Waals surface area (Å²) >= 11 is 0. The molecule has 1 aromatic rings. The van der Waals surface area contributed by atoms with Gasteiger partial charge in [0, 0.05) is 38.4 Å². The molecule has 0 unspecified atom stereocenters. The van der Waals surface area contributed by atoms with Gasteiger partial charge in [-0.1, -0.05) is 13.8 Å². The monoisotopic (exact) mass is 277 g/mol. The number of hydrogen-bond acceptors (Lipinski definition) is 3. The molecular formula is C15H23N3O2. The molecule has 1 aliphatic rings. The number of nitrogens with one attached hydrogen (secondary N) is 1. The van der Waals surface area contributed by atoms with Crippen LogP contribution in [0.4, 0.5) is 0 Å². The van der Waals surface area contributed by atoms with E-state index < -0.39 is 0 Å². The largest absolute Gasteiger partial charge is 0.336 e. The van der Waals surface area contributed by atoms with Gasteiger partial charge < -0.3 is 14.8 Å². The molecule has 1 fully saturated rings. The molecule has 0 spiro atoms. The third-order valence-electron chi connectivity index (χ3n) is 3.57. The summed E-state index contributed by atoms with van der Waals surface area (Å²) < 4.78 is 1.71. The zero-order valence-corrected chi connectivity index (χ0v) is 12.5. The maximum absolute atomic E-state index is 12.5. The summed E-state index contributed by atoms with van der Waals surface area (Å²) in [4.78, 5) is 26.7. The molecule has 5 heteroatoms. The predicted molar refractivity (Wildman–Crippen MR) is 79.1 cm³/mol. The lowest BCUT2D eigenvalue weighted by atomic mass is 10.1. The Balaban J connectivity index is 2.32. The van der Waals surface area contributed by atoms with Gasteiger partial charge in [-0.15, -0.1) is 0 Å². The Morgan fingerprint density at radius 2 is 1.95 bits per heavy atom. The Kier molecular flexibility index (Phi) is 4.60. The van der Waals surface area contributed by atoms with Crippen molar-refractivity contribution in [3.8, 4) is 0 Å². The van der Waals surface area contributed by atoms with E-state index in [0.29, 0.717) is 25.6 Å². The van der Waals surface area contributed by atoms with Crippen molar-refractivity contribution < 1.29 is 4.79 Å².